The van der Waals surface area contributed by atoms with Crippen LogP contribution >= 0.6 is 62.0 Å². The molecule has 0 aliphatic heterocycles. The minimum atomic E-state index is -4.12. The molecule has 0 rings (SSSR count). The van der Waals surface area contributed by atoms with Crippen LogP contribution in [0, 0.1) is 0 Å². The lowest BCUT2D eigenvalue weighted by atomic mass is 10.4. The van der Waals surface area contributed by atoms with E-state index in [1.807, 2.05) is 27.7 Å². The van der Waals surface area contributed by atoms with Crippen molar-refractivity contribution < 1.29 is 36.3 Å². The molecular weight excluding hydrogens is 572 g/mol. The Morgan fingerprint density at radius 2 is 0.765 bits per heavy atom. The van der Waals surface area contributed by atoms with Gasteiger partial charge in [-0.3, -0.25) is 18.1 Å². The van der Waals surface area contributed by atoms with Gasteiger partial charge in [0.25, 0.3) is 0 Å². The number of rotatable bonds is 20. The molecule has 0 spiro atoms. The van der Waals surface area contributed by atoms with Crippen molar-refractivity contribution in [3.8, 4) is 0 Å². The van der Waals surface area contributed by atoms with Gasteiger partial charge in [-0.1, -0.05) is 27.7 Å². The average Bonchev–Trinajstić information content (AvgIpc) is 2.82. The molecule has 0 radical (unpaired) electrons. The number of alkyl halides is 4. The molecule has 14 heteroatoms. The highest BCUT2D eigenvalue weighted by molar-refractivity contribution is 7.49. The molecule has 0 aromatic rings. The van der Waals surface area contributed by atoms with Gasteiger partial charge in [-0.25, -0.2) is 9.13 Å². The second kappa shape index (κ2) is 18.1. The van der Waals surface area contributed by atoms with Crippen LogP contribution in [0.2, 0.25) is 0 Å². The van der Waals surface area contributed by atoms with Gasteiger partial charge in [-0.15, -0.1) is 46.4 Å². The van der Waals surface area contributed by atoms with E-state index in [9.17, 15) is 9.13 Å². The Morgan fingerprint density at radius 3 is 0.941 bits per heavy atom. The maximum atomic E-state index is 13.2. The first-order chi connectivity index (χ1) is 15.8. The number of hydrogen-bond donors (Lipinski definition) is 0. The van der Waals surface area contributed by atoms with E-state index in [-0.39, 0.29) is 37.9 Å². The molecule has 4 atom stereocenters. The van der Waals surface area contributed by atoms with E-state index >= 15 is 0 Å². The van der Waals surface area contributed by atoms with Crippen molar-refractivity contribution in [3.05, 3.63) is 11.5 Å². The molecule has 0 aromatic heterocycles. The van der Waals surface area contributed by atoms with Crippen LogP contribution in [0.3, 0.4) is 0 Å². The van der Waals surface area contributed by atoms with E-state index < -0.39 is 37.2 Å². The standard InChI is InChI=1S/C20H38Cl4O8P2/c1-7-17(21)11-27-33(25,28-12-18(22)8-2)31-15(5)16(6)32-34(26,29-13-19(23)9-3)30-14-20(24)10-4/h17-20H,7-14H2,1-6H3. The quantitative estimate of drug-likeness (QED) is 0.0769. The summed E-state index contributed by atoms with van der Waals surface area (Å²) in [4.78, 5) is 0. The van der Waals surface area contributed by atoms with Crippen molar-refractivity contribution >= 4 is 62.0 Å². The summed E-state index contributed by atoms with van der Waals surface area (Å²) in [5, 5.41) is -1.59. The van der Waals surface area contributed by atoms with Crippen molar-refractivity contribution in [1.29, 1.82) is 0 Å². The Morgan fingerprint density at radius 1 is 0.559 bits per heavy atom. The van der Waals surface area contributed by atoms with Crippen molar-refractivity contribution in [2.75, 3.05) is 26.4 Å². The highest BCUT2D eigenvalue weighted by Gasteiger charge is 2.34. The summed E-state index contributed by atoms with van der Waals surface area (Å²) < 4.78 is 58.9. The molecule has 0 saturated carbocycles. The predicted octanol–water partition coefficient (Wildman–Crippen LogP) is 8.62. The molecule has 0 N–H and O–H groups in total. The van der Waals surface area contributed by atoms with Crippen molar-refractivity contribution in [1.82, 2.24) is 0 Å². The van der Waals surface area contributed by atoms with E-state index in [0.29, 0.717) is 25.7 Å². The molecule has 0 bridgehead atoms. The molecule has 0 heterocycles. The van der Waals surface area contributed by atoms with Crippen LogP contribution in [0.1, 0.15) is 67.2 Å². The van der Waals surface area contributed by atoms with Crippen LogP contribution in [0.4, 0.5) is 0 Å². The summed E-state index contributed by atoms with van der Waals surface area (Å²) in [7, 11) is -8.24. The van der Waals surface area contributed by atoms with Crippen molar-refractivity contribution in [2.45, 2.75) is 88.7 Å². The number of phosphoric ester groups is 2. The topological polar surface area (TPSA) is 89.5 Å². The first kappa shape index (κ1) is 34.8. The second-order valence-electron chi connectivity index (χ2n) is 7.39. The molecule has 0 saturated heterocycles. The summed E-state index contributed by atoms with van der Waals surface area (Å²) in [6, 6.07) is 0. The summed E-state index contributed by atoms with van der Waals surface area (Å²) in [5.41, 5.74) is 0. The molecule has 0 aliphatic carbocycles. The van der Waals surface area contributed by atoms with Crippen molar-refractivity contribution in [3.63, 3.8) is 0 Å². The molecule has 8 nitrogen and oxygen atoms in total. The Hall–Kier alpha value is 0.800. The zero-order valence-electron chi connectivity index (χ0n) is 20.6. The van der Waals surface area contributed by atoms with Gasteiger partial charge in [0.15, 0.2) is 0 Å². The first-order valence-electron chi connectivity index (χ1n) is 11.2. The molecule has 0 aromatic carbocycles. The molecule has 0 fully saturated rings. The zero-order chi connectivity index (χ0) is 26.4. The smallest absolute Gasteiger partial charge is 0.405 e. The highest BCUT2D eigenvalue weighted by atomic mass is 35.5. The van der Waals surface area contributed by atoms with Gasteiger partial charge < -0.3 is 9.05 Å². The third-order valence-corrected chi connectivity index (χ3v) is 9.01. The van der Waals surface area contributed by atoms with E-state index in [0.717, 1.165) is 0 Å². The summed E-state index contributed by atoms with van der Waals surface area (Å²) in [6.07, 6.45) is 2.34. The highest BCUT2D eigenvalue weighted by Crippen LogP contribution is 2.55. The zero-order valence-corrected chi connectivity index (χ0v) is 25.5. The molecule has 0 aliphatic rings. The lowest BCUT2D eigenvalue weighted by molar-refractivity contribution is 0.117. The largest absolute Gasteiger partial charge is 0.529 e. The Labute approximate surface area is 224 Å². The number of halogens is 4. The fourth-order valence-electron chi connectivity index (χ4n) is 1.80. The molecule has 204 valence electrons. The predicted molar refractivity (Wildman–Crippen MR) is 139 cm³/mol. The van der Waals surface area contributed by atoms with Gasteiger partial charge in [-0.05, 0) is 39.5 Å². The fraction of sp³-hybridized carbons (Fsp3) is 0.900. The van der Waals surface area contributed by atoms with Crippen LogP contribution in [-0.4, -0.2) is 47.9 Å². The van der Waals surface area contributed by atoms with Crippen LogP contribution < -0.4 is 0 Å². The second-order valence-corrected chi connectivity index (χ2v) is 13.1. The number of hydrogen-bond acceptors (Lipinski definition) is 8. The Kier molecular flexibility index (Phi) is 18.5. The van der Waals surface area contributed by atoms with Crippen LogP contribution in [0.25, 0.3) is 0 Å². The molecule has 4 unspecified atom stereocenters. The SMILES string of the molecule is CCC(Cl)COP(=O)(OCC(Cl)CC)OC(C)=C(C)OP(=O)(OCC(Cl)CC)OCC(Cl)CC. The maximum absolute atomic E-state index is 13.2. The van der Waals surface area contributed by atoms with Crippen molar-refractivity contribution in [2.24, 2.45) is 0 Å². The van der Waals surface area contributed by atoms with Crippen LogP contribution in [0.15, 0.2) is 11.5 Å². The molecular formula is C20H38Cl4O8P2. The average molecular weight is 610 g/mol. The van der Waals surface area contributed by atoms with Crippen LogP contribution in [-0.2, 0) is 36.3 Å². The minimum Gasteiger partial charge on any atom is -0.405 e. The number of allylic oxidation sites excluding steroid dienone is 2. The van der Waals surface area contributed by atoms with E-state index in [1.54, 1.807) is 0 Å². The molecule has 0 amide bonds. The minimum absolute atomic E-state index is 0.0168. The summed E-state index contributed by atoms with van der Waals surface area (Å²) >= 11 is 24.3. The maximum Gasteiger partial charge on any atom is 0.529 e. The summed E-state index contributed by atoms with van der Waals surface area (Å²) in [5.74, 6) is -0.0336. The lowest BCUT2D eigenvalue weighted by Gasteiger charge is -2.24. The van der Waals surface area contributed by atoms with Gasteiger partial charge in [0, 0.05) is 0 Å². The number of phosphoric acid groups is 2. The monoisotopic (exact) mass is 608 g/mol. The normalized spacial score (nSPS) is 19.8. The molecule has 34 heavy (non-hydrogen) atoms. The van der Waals surface area contributed by atoms with E-state index in [4.69, 9.17) is 73.5 Å². The van der Waals surface area contributed by atoms with Gasteiger partial charge in [0.1, 0.15) is 11.5 Å². The third-order valence-electron chi connectivity index (χ3n) is 4.42. The van der Waals surface area contributed by atoms with Gasteiger partial charge >= 0.3 is 15.6 Å². The van der Waals surface area contributed by atoms with Gasteiger partial charge in [0.2, 0.25) is 0 Å². The van der Waals surface area contributed by atoms with Gasteiger partial charge in [-0.2, -0.15) is 0 Å². The lowest BCUT2D eigenvalue weighted by Crippen LogP contribution is -2.14. The Balaban J connectivity index is 5.60. The third kappa shape index (κ3) is 15.1. The van der Waals surface area contributed by atoms with E-state index in [2.05, 4.69) is 0 Å². The van der Waals surface area contributed by atoms with E-state index in [1.165, 1.54) is 13.8 Å². The van der Waals surface area contributed by atoms with Crippen LogP contribution in [0.5, 0.6) is 0 Å². The van der Waals surface area contributed by atoms with Gasteiger partial charge in [0.05, 0.1) is 47.9 Å². The summed E-state index contributed by atoms with van der Waals surface area (Å²) in [6.45, 7) is 10.0. The first-order valence-corrected chi connectivity index (χ1v) is 15.9. The Bertz CT molecular complexity index is 605. The fourth-order valence-corrected chi connectivity index (χ4v) is 5.15.